The van der Waals surface area contributed by atoms with Gasteiger partial charge in [-0.1, -0.05) is 11.6 Å². The zero-order chi connectivity index (χ0) is 17.2. The predicted octanol–water partition coefficient (Wildman–Crippen LogP) is 3.55. The first-order valence-electron chi connectivity index (χ1n) is 7.71. The van der Waals surface area contributed by atoms with Gasteiger partial charge in [-0.3, -0.25) is 4.79 Å². The predicted molar refractivity (Wildman–Crippen MR) is 94.0 cm³/mol. The molecule has 7 heteroatoms. The first kappa shape index (κ1) is 15.5. The summed E-state index contributed by atoms with van der Waals surface area (Å²) in [5.41, 5.74) is 1.90. The first-order valence-corrected chi connectivity index (χ1v) is 8.08. The molecule has 1 aromatic heterocycles. The van der Waals surface area contributed by atoms with Crippen LogP contribution in [0.15, 0.2) is 54.9 Å². The van der Waals surface area contributed by atoms with Gasteiger partial charge in [-0.05, 0) is 36.4 Å². The SMILES string of the molecule is O=C(Nc1ccc2c(c1)OCCO2)c1cnn(-c2ccc(Cl)cc2)c1. The number of benzene rings is 2. The lowest BCUT2D eigenvalue weighted by molar-refractivity contribution is 0.102. The third kappa shape index (κ3) is 3.29. The van der Waals surface area contributed by atoms with E-state index < -0.39 is 0 Å². The first-order chi connectivity index (χ1) is 12.2. The average Bonchev–Trinajstić information content (AvgIpc) is 3.12. The zero-order valence-electron chi connectivity index (χ0n) is 13.1. The number of carbonyl (C=O) groups excluding carboxylic acids is 1. The van der Waals surface area contributed by atoms with Gasteiger partial charge in [-0.2, -0.15) is 5.10 Å². The number of carbonyl (C=O) groups is 1. The Hall–Kier alpha value is -2.99. The molecule has 4 rings (SSSR count). The van der Waals surface area contributed by atoms with Crippen LogP contribution < -0.4 is 14.8 Å². The van der Waals surface area contributed by atoms with Gasteiger partial charge >= 0.3 is 0 Å². The lowest BCUT2D eigenvalue weighted by Gasteiger charge is -2.18. The molecule has 6 nitrogen and oxygen atoms in total. The van der Waals surface area contributed by atoms with Gasteiger partial charge in [0, 0.05) is 23.0 Å². The van der Waals surface area contributed by atoms with Gasteiger partial charge in [0.1, 0.15) is 13.2 Å². The van der Waals surface area contributed by atoms with Crippen molar-refractivity contribution in [1.82, 2.24) is 9.78 Å². The number of anilines is 1. The van der Waals surface area contributed by atoms with Crippen molar-refractivity contribution in [3.8, 4) is 17.2 Å². The van der Waals surface area contributed by atoms with Gasteiger partial charge in [-0.25, -0.2) is 4.68 Å². The van der Waals surface area contributed by atoms with Crippen molar-refractivity contribution >= 4 is 23.2 Å². The molecular weight excluding hydrogens is 342 g/mol. The number of amides is 1. The molecule has 0 fully saturated rings. The summed E-state index contributed by atoms with van der Waals surface area (Å²) in [6, 6.07) is 12.5. The van der Waals surface area contributed by atoms with Crippen molar-refractivity contribution < 1.29 is 14.3 Å². The Kier molecular flexibility index (Phi) is 4.03. The summed E-state index contributed by atoms with van der Waals surface area (Å²) in [6.45, 7) is 1.03. The fraction of sp³-hybridized carbons (Fsp3) is 0.111. The molecule has 3 aromatic rings. The van der Waals surface area contributed by atoms with Gasteiger partial charge in [0.2, 0.25) is 0 Å². The Balaban J connectivity index is 1.51. The molecule has 2 aromatic carbocycles. The summed E-state index contributed by atoms with van der Waals surface area (Å²) in [5.74, 6) is 1.05. The minimum absolute atomic E-state index is 0.253. The molecule has 0 atom stereocenters. The van der Waals surface area contributed by atoms with Crippen LogP contribution in [0.3, 0.4) is 0 Å². The van der Waals surface area contributed by atoms with Crippen LogP contribution in [0.5, 0.6) is 11.5 Å². The molecule has 0 bridgehead atoms. The zero-order valence-corrected chi connectivity index (χ0v) is 13.9. The maximum atomic E-state index is 12.4. The molecule has 0 radical (unpaired) electrons. The Labute approximate surface area is 148 Å². The van der Waals surface area contributed by atoms with Crippen molar-refractivity contribution in [3.63, 3.8) is 0 Å². The molecule has 1 amide bonds. The summed E-state index contributed by atoms with van der Waals surface area (Å²) >= 11 is 5.88. The Morgan fingerprint density at radius 1 is 1.08 bits per heavy atom. The second kappa shape index (κ2) is 6.49. The van der Waals surface area contributed by atoms with Gasteiger partial charge in [0.25, 0.3) is 5.91 Å². The molecule has 25 heavy (non-hydrogen) atoms. The van der Waals surface area contributed by atoms with Crippen LogP contribution in [0.2, 0.25) is 5.02 Å². The molecule has 0 spiro atoms. The Bertz CT molecular complexity index is 922. The van der Waals surface area contributed by atoms with E-state index in [1.165, 1.54) is 6.20 Å². The summed E-state index contributed by atoms with van der Waals surface area (Å²) in [5, 5.41) is 7.70. The van der Waals surface area contributed by atoms with Gasteiger partial charge in [-0.15, -0.1) is 0 Å². The molecule has 0 aliphatic carbocycles. The molecule has 2 heterocycles. The quantitative estimate of drug-likeness (QED) is 0.780. The lowest BCUT2D eigenvalue weighted by atomic mass is 10.2. The normalized spacial score (nSPS) is 12.7. The van der Waals surface area contributed by atoms with Crippen molar-refractivity contribution in [3.05, 3.63) is 65.4 Å². The van der Waals surface area contributed by atoms with Crippen molar-refractivity contribution in [1.29, 1.82) is 0 Å². The number of nitrogens with one attached hydrogen (secondary N) is 1. The number of rotatable bonds is 3. The van der Waals surface area contributed by atoms with Crippen LogP contribution in [0.25, 0.3) is 5.69 Å². The molecule has 0 unspecified atom stereocenters. The maximum absolute atomic E-state index is 12.4. The minimum Gasteiger partial charge on any atom is -0.486 e. The maximum Gasteiger partial charge on any atom is 0.258 e. The third-order valence-electron chi connectivity index (χ3n) is 3.74. The molecule has 0 saturated carbocycles. The van der Waals surface area contributed by atoms with E-state index in [9.17, 15) is 4.79 Å². The standard InChI is InChI=1S/C18H14ClN3O3/c19-13-1-4-15(5-2-13)22-11-12(10-20-22)18(23)21-14-3-6-16-17(9-14)25-8-7-24-16/h1-6,9-11H,7-8H2,(H,21,23). The van der Waals surface area contributed by atoms with E-state index in [0.29, 0.717) is 41.0 Å². The number of hydrogen-bond donors (Lipinski definition) is 1. The van der Waals surface area contributed by atoms with E-state index in [1.54, 1.807) is 41.2 Å². The molecule has 1 N–H and O–H groups in total. The monoisotopic (exact) mass is 355 g/mol. The smallest absolute Gasteiger partial charge is 0.258 e. The van der Waals surface area contributed by atoms with E-state index in [0.717, 1.165) is 5.69 Å². The van der Waals surface area contributed by atoms with Crippen LogP contribution in [0, 0.1) is 0 Å². The number of nitrogens with zero attached hydrogens (tertiary/aromatic N) is 2. The summed E-state index contributed by atoms with van der Waals surface area (Å²) < 4.78 is 12.6. The van der Waals surface area contributed by atoms with E-state index in [-0.39, 0.29) is 5.91 Å². The number of ether oxygens (including phenoxy) is 2. The Morgan fingerprint density at radius 2 is 1.84 bits per heavy atom. The third-order valence-corrected chi connectivity index (χ3v) is 3.99. The fourth-order valence-electron chi connectivity index (χ4n) is 2.50. The number of aromatic nitrogens is 2. The Morgan fingerprint density at radius 3 is 2.64 bits per heavy atom. The highest BCUT2D eigenvalue weighted by atomic mass is 35.5. The van der Waals surface area contributed by atoms with Gasteiger partial charge in [0.15, 0.2) is 11.5 Å². The number of halogens is 1. The summed E-state index contributed by atoms with van der Waals surface area (Å²) in [7, 11) is 0. The number of fused-ring (bicyclic) bond motifs is 1. The van der Waals surface area contributed by atoms with E-state index in [2.05, 4.69) is 10.4 Å². The van der Waals surface area contributed by atoms with Crippen LogP contribution in [0.1, 0.15) is 10.4 Å². The van der Waals surface area contributed by atoms with Crippen LogP contribution in [0.4, 0.5) is 5.69 Å². The second-order valence-electron chi connectivity index (χ2n) is 5.46. The van der Waals surface area contributed by atoms with Crippen molar-refractivity contribution in [2.45, 2.75) is 0 Å². The highest BCUT2D eigenvalue weighted by Crippen LogP contribution is 2.32. The molecule has 126 valence electrons. The van der Waals surface area contributed by atoms with E-state index >= 15 is 0 Å². The van der Waals surface area contributed by atoms with E-state index in [1.807, 2.05) is 12.1 Å². The lowest BCUT2D eigenvalue weighted by Crippen LogP contribution is -2.16. The van der Waals surface area contributed by atoms with Crippen molar-refractivity contribution in [2.75, 3.05) is 18.5 Å². The highest BCUT2D eigenvalue weighted by Gasteiger charge is 2.14. The molecule has 1 aliphatic rings. The largest absolute Gasteiger partial charge is 0.486 e. The van der Waals surface area contributed by atoms with E-state index in [4.69, 9.17) is 21.1 Å². The molecule has 1 aliphatic heterocycles. The average molecular weight is 356 g/mol. The minimum atomic E-state index is -0.253. The number of hydrogen-bond acceptors (Lipinski definition) is 4. The van der Waals surface area contributed by atoms with Crippen LogP contribution in [-0.2, 0) is 0 Å². The van der Waals surface area contributed by atoms with Crippen molar-refractivity contribution in [2.24, 2.45) is 0 Å². The molecule has 0 saturated heterocycles. The van der Waals surface area contributed by atoms with Crippen LogP contribution in [-0.4, -0.2) is 28.9 Å². The van der Waals surface area contributed by atoms with Gasteiger partial charge < -0.3 is 14.8 Å². The topological polar surface area (TPSA) is 65.4 Å². The fourth-order valence-corrected chi connectivity index (χ4v) is 2.63. The highest BCUT2D eigenvalue weighted by molar-refractivity contribution is 6.30. The second-order valence-corrected chi connectivity index (χ2v) is 5.90. The molecular formula is C18H14ClN3O3. The van der Waals surface area contributed by atoms with Gasteiger partial charge in [0.05, 0.1) is 17.4 Å². The summed E-state index contributed by atoms with van der Waals surface area (Å²) in [6.07, 6.45) is 3.18. The summed E-state index contributed by atoms with van der Waals surface area (Å²) in [4.78, 5) is 12.4. The van der Waals surface area contributed by atoms with Crippen LogP contribution >= 0.6 is 11.6 Å².